The van der Waals surface area contributed by atoms with Gasteiger partial charge in [0.2, 0.25) is 0 Å². The van der Waals surface area contributed by atoms with E-state index in [1.807, 2.05) is 24.3 Å². The first-order chi connectivity index (χ1) is 7.18. The standard InChI is InChI=1S/C13H14ClN/c1-9-3-2-4-12(14)13(9)10-5-7-11(15)8-6-10/h3,5-8H,2,4,15H2,1H3. The monoisotopic (exact) mass is 219 g/mol. The maximum atomic E-state index is 6.26. The van der Waals surface area contributed by atoms with Gasteiger partial charge in [0, 0.05) is 10.7 Å². The van der Waals surface area contributed by atoms with Crippen LogP contribution in [0.3, 0.4) is 0 Å². The van der Waals surface area contributed by atoms with Gasteiger partial charge in [-0.2, -0.15) is 0 Å². The third-order valence-electron chi connectivity index (χ3n) is 2.68. The molecule has 0 amide bonds. The number of nitrogen functional groups attached to an aromatic ring is 1. The first kappa shape index (κ1) is 10.3. The van der Waals surface area contributed by atoms with Gasteiger partial charge in [-0.25, -0.2) is 0 Å². The minimum Gasteiger partial charge on any atom is -0.399 e. The molecule has 0 saturated heterocycles. The molecule has 2 rings (SSSR count). The molecule has 0 unspecified atom stereocenters. The van der Waals surface area contributed by atoms with Crippen molar-refractivity contribution in [1.82, 2.24) is 0 Å². The normalized spacial score (nSPS) is 16.5. The van der Waals surface area contributed by atoms with Crippen LogP contribution in [0.4, 0.5) is 5.69 Å². The van der Waals surface area contributed by atoms with Gasteiger partial charge in [-0.15, -0.1) is 0 Å². The molecule has 2 heteroatoms. The molecule has 0 aliphatic heterocycles. The molecule has 0 bridgehead atoms. The molecule has 0 saturated carbocycles. The fraction of sp³-hybridized carbons (Fsp3) is 0.231. The van der Waals surface area contributed by atoms with E-state index in [1.54, 1.807) is 0 Å². The van der Waals surface area contributed by atoms with Gasteiger partial charge in [0.25, 0.3) is 0 Å². The molecule has 0 spiro atoms. The largest absolute Gasteiger partial charge is 0.399 e. The van der Waals surface area contributed by atoms with E-state index in [9.17, 15) is 0 Å². The zero-order chi connectivity index (χ0) is 10.8. The highest BCUT2D eigenvalue weighted by molar-refractivity contribution is 6.33. The van der Waals surface area contributed by atoms with Crippen molar-refractivity contribution in [3.63, 3.8) is 0 Å². The van der Waals surface area contributed by atoms with Crippen LogP contribution in [0, 0.1) is 0 Å². The molecular weight excluding hydrogens is 206 g/mol. The molecule has 1 aliphatic rings. The highest BCUT2D eigenvalue weighted by Gasteiger charge is 2.12. The Hall–Kier alpha value is -1.21. The number of rotatable bonds is 1. The summed E-state index contributed by atoms with van der Waals surface area (Å²) < 4.78 is 0. The lowest BCUT2D eigenvalue weighted by Gasteiger charge is -2.16. The van der Waals surface area contributed by atoms with E-state index in [1.165, 1.54) is 11.1 Å². The molecule has 0 atom stereocenters. The predicted octanol–water partition coefficient (Wildman–Crippen LogP) is 3.96. The van der Waals surface area contributed by atoms with Crippen molar-refractivity contribution in [1.29, 1.82) is 0 Å². The maximum absolute atomic E-state index is 6.26. The van der Waals surface area contributed by atoms with E-state index in [4.69, 9.17) is 17.3 Å². The highest BCUT2D eigenvalue weighted by Crippen LogP contribution is 2.35. The van der Waals surface area contributed by atoms with Crippen LogP contribution < -0.4 is 5.73 Å². The second kappa shape index (κ2) is 4.11. The third-order valence-corrected chi connectivity index (χ3v) is 3.06. The lowest BCUT2D eigenvalue weighted by molar-refractivity contribution is 1.00. The molecule has 1 aliphatic carbocycles. The average Bonchev–Trinajstić information content (AvgIpc) is 2.20. The molecule has 1 aromatic rings. The Morgan fingerprint density at radius 3 is 2.47 bits per heavy atom. The summed E-state index contributed by atoms with van der Waals surface area (Å²) in [6.07, 6.45) is 4.22. The van der Waals surface area contributed by atoms with E-state index in [0.717, 1.165) is 29.1 Å². The predicted molar refractivity (Wildman–Crippen MR) is 66.6 cm³/mol. The number of halogens is 1. The zero-order valence-electron chi connectivity index (χ0n) is 8.76. The van der Waals surface area contributed by atoms with Gasteiger partial charge < -0.3 is 5.73 Å². The fourth-order valence-corrected chi connectivity index (χ4v) is 2.26. The Kier molecular flexibility index (Phi) is 2.83. The van der Waals surface area contributed by atoms with Crippen molar-refractivity contribution in [3.05, 3.63) is 46.5 Å². The van der Waals surface area contributed by atoms with Gasteiger partial charge in [0.05, 0.1) is 0 Å². The van der Waals surface area contributed by atoms with Gasteiger partial charge in [0.1, 0.15) is 0 Å². The van der Waals surface area contributed by atoms with Crippen molar-refractivity contribution in [2.75, 3.05) is 5.73 Å². The zero-order valence-corrected chi connectivity index (χ0v) is 9.51. The van der Waals surface area contributed by atoms with Gasteiger partial charge in [-0.3, -0.25) is 0 Å². The van der Waals surface area contributed by atoms with Gasteiger partial charge >= 0.3 is 0 Å². The summed E-state index contributed by atoms with van der Waals surface area (Å²) in [4.78, 5) is 0. The Balaban J connectivity index is 2.46. The first-order valence-electron chi connectivity index (χ1n) is 5.10. The molecule has 2 N–H and O–H groups in total. The smallest absolute Gasteiger partial charge is 0.0314 e. The molecule has 0 aromatic heterocycles. The van der Waals surface area contributed by atoms with Gasteiger partial charge in [-0.1, -0.05) is 29.8 Å². The molecule has 0 heterocycles. The Bertz CT molecular complexity index is 426. The van der Waals surface area contributed by atoms with Crippen LogP contribution in [-0.2, 0) is 0 Å². The minimum atomic E-state index is 0.785. The van der Waals surface area contributed by atoms with Crippen LogP contribution in [0.2, 0.25) is 0 Å². The Labute approximate surface area is 95.2 Å². The van der Waals surface area contributed by atoms with E-state index in [-0.39, 0.29) is 0 Å². The number of allylic oxidation sites excluding steroid dienone is 4. The van der Waals surface area contributed by atoms with E-state index < -0.39 is 0 Å². The van der Waals surface area contributed by atoms with E-state index in [0.29, 0.717) is 0 Å². The third kappa shape index (κ3) is 2.07. The summed E-state index contributed by atoms with van der Waals surface area (Å²) in [5, 5.41) is 0.958. The summed E-state index contributed by atoms with van der Waals surface area (Å²) in [6, 6.07) is 7.87. The molecule has 1 aromatic carbocycles. The highest BCUT2D eigenvalue weighted by atomic mass is 35.5. The second-order valence-electron chi connectivity index (χ2n) is 3.83. The maximum Gasteiger partial charge on any atom is 0.0314 e. The van der Waals surface area contributed by atoms with Crippen molar-refractivity contribution < 1.29 is 0 Å². The van der Waals surface area contributed by atoms with Crippen molar-refractivity contribution in [3.8, 4) is 0 Å². The SMILES string of the molecule is CC1=CCCC(Cl)=C1c1ccc(N)cc1. The number of hydrogen-bond donors (Lipinski definition) is 1. The summed E-state index contributed by atoms with van der Waals surface area (Å²) in [5.74, 6) is 0. The molecule has 1 nitrogen and oxygen atoms in total. The number of benzene rings is 1. The van der Waals surface area contributed by atoms with Gasteiger partial charge in [0.15, 0.2) is 0 Å². The van der Waals surface area contributed by atoms with E-state index >= 15 is 0 Å². The molecule has 0 radical (unpaired) electrons. The second-order valence-corrected chi connectivity index (χ2v) is 4.28. The summed E-state index contributed by atoms with van der Waals surface area (Å²) in [7, 11) is 0. The molecule has 15 heavy (non-hydrogen) atoms. The van der Waals surface area contributed by atoms with Crippen molar-refractivity contribution >= 4 is 22.9 Å². The lowest BCUT2D eigenvalue weighted by Crippen LogP contribution is -1.96. The van der Waals surface area contributed by atoms with Gasteiger partial charge in [-0.05, 0) is 48.6 Å². The van der Waals surface area contributed by atoms with Crippen LogP contribution in [-0.4, -0.2) is 0 Å². The molecule has 0 fully saturated rings. The molecule has 78 valence electrons. The molecular formula is C13H14ClN. The minimum absolute atomic E-state index is 0.785. The number of hydrogen-bond acceptors (Lipinski definition) is 1. The fourth-order valence-electron chi connectivity index (χ4n) is 1.89. The van der Waals surface area contributed by atoms with Crippen molar-refractivity contribution in [2.24, 2.45) is 0 Å². The first-order valence-corrected chi connectivity index (χ1v) is 5.48. The van der Waals surface area contributed by atoms with Crippen LogP contribution in [0.5, 0.6) is 0 Å². The quantitative estimate of drug-likeness (QED) is 0.711. The van der Waals surface area contributed by atoms with Crippen LogP contribution in [0.15, 0.2) is 40.9 Å². The number of nitrogens with two attached hydrogens (primary N) is 1. The van der Waals surface area contributed by atoms with Crippen LogP contribution >= 0.6 is 11.6 Å². The van der Waals surface area contributed by atoms with E-state index in [2.05, 4.69) is 13.0 Å². The van der Waals surface area contributed by atoms with Crippen molar-refractivity contribution in [2.45, 2.75) is 19.8 Å². The Morgan fingerprint density at radius 1 is 1.20 bits per heavy atom. The number of anilines is 1. The summed E-state index contributed by atoms with van der Waals surface area (Å²) in [6.45, 7) is 2.10. The van der Waals surface area contributed by atoms with Crippen LogP contribution in [0.1, 0.15) is 25.3 Å². The topological polar surface area (TPSA) is 26.0 Å². The summed E-state index contributed by atoms with van der Waals surface area (Å²) in [5.41, 5.74) is 10.0. The lowest BCUT2D eigenvalue weighted by atomic mass is 9.93. The summed E-state index contributed by atoms with van der Waals surface area (Å²) >= 11 is 6.26. The van der Waals surface area contributed by atoms with Crippen LogP contribution in [0.25, 0.3) is 5.57 Å². The Morgan fingerprint density at radius 2 is 1.87 bits per heavy atom. The average molecular weight is 220 g/mol.